The van der Waals surface area contributed by atoms with Crippen molar-refractivity contribution < 1.29 is 22.7 Å². The molecule has 0 radical (unpaired) electrons. The second-order valence-electron chi connectivity index (χ2n) is 4.05. The fraction of sp³-hybridized carbons (Fsp3) is 0.538. The molecule has 0 fully saturated rings. The number of nitrogens with zero attached hydrogens (tertiary/aromatic N) is 1. The van der Waals surface area contributed by atoms with Crippen LogP contribution in [0.15, 0.2) is 18.5 Å². The molecule has 0 bridgehead atoms. The summed E-state index contributed by atoms with van der Waals surface area (Å²) in [5, 5.41) is 0. The first-order chi connectivity index (χ1) is 8.91. The van der Waals surface area contributed by atoms with Crippen LogP contribution < -0.4 is 0 Å². The fourth-order valence-electron chi connectivity index (χ4n) is 1.87. The number of carbonyl (C=O) groups excluding carboxylic acids is 1. The Morgan fingerprint density at radius 1 is 1.42 bits per heavy atom. The second kappa shape index (κ2) is 6.54. The van der Waals surface area contributed by atoms with E-state index in [-0.39, 0.29) is 12.2 Å². The van der Waals surface area contributed by atoms with Gasteiger partial charge in [0.15, 0.2) is 0 Å². The molecule has 1 atom stereocenters. The molecular formula is C13H16F3NO2. The number of aromatic nitrogens is 1. The van der Waals surface area contributed by atoms with E-state index in [0.717, 1.165) is 18.5 Å². The van der Waals surface area contributed by atoms with Crippen LogP contribution in [0.25, 0.3) is 0 Å². The maximum atomic E-state index is 12.9. The Balaban J connectivity index is 3.19. The molecule has 0 aliphatic carbocycles. The van der Waals surface area contributed by atoms with Gasteiger partial charge < -0.3 is 4.74 Å². The van der Waals surface area contributed by atoms with E-state index in [9.17, 15) is 18.0 Å². The van der Waals surface area contributed by atoms with E-state index in [2.05, 4.69) is 4.98 Å². The van der Waals surface area contributed by atoms with Crippen LogP contribution in [0.2, 0.25) is 0 Å². The monoisotopic (exact) mass is 275 g/mol. The van der Waals surface area contributed by atoms with E-state index in [0.29, 0.717) is 12.8 Å². The highest BCUT2D eigenvalue weighted by molar-refractivity contribution is 5.78. The summed E-state index contributed by atoms with van der Waals surface area (Å²) in [5.74, 6) is -1.56. The standard InChI is InChI=1S/C13H16F3NO2/c1-3-5-9(12(18)19-4-2)10-8-17-7-6-11(10)13(14,15)16/h6-9H,3-5H2,1-2H3. The third-order valence-electron chi connectivity index (χ3n) is 2.68. The zero-order valence-electron chi connectivity index (χ0n) is 10.8. The van der Waals surface area contributed by atoms with Gasteiger partial charge in [0, 0.05) is 12.4 Å². The van der Waals surface area contributed by atoms with E-state index in [4.69, 9.17) is 4.74 Å². The van der Waals surface area contributed by atoms with Crippen LogP contribution in [0.1, 0.15) is 43.7 Å². The van der Waals surface area contributed by atoms with Gasteiger partial charge in [-0.3, -0.25) is 9.78 Å². The van der Waals surface area contributed by atoms with Gasteiger partial charge in [0.2, 0.25) is 0 Å². The van der Waals surface area contributed by atoms with E-state index in [1.165, 1.54) is 0 Å². The Kier molecular flexibility index (Phi) is 5.32. The summed E-state index contributed by atoms with van der Waals surface area (Å²) in [6.07, 6.45) is -1.46. The fourth-order valence-corrected chi connectivity index (χ4v) is 1.87. The van der Waals surface area contributed by atoms with E-state index in [1.54, 1.807) is 13.8 Å². The van der Waals surface area contributed by atoms with Gasteiger partial charge in [-0.25, -0.2) is 0 Å². The molecule has 106 valence electrons. The lowest BCUT2D eigenvalue weighted by molar-refractivity contribution is -0.146. The largest absolute Gasteiger partial charge is 0.466 e. The zero-order chi connectivity index (χ0) is 14.5. The molecule has 1 aromatic heterocycles. The van der Waals surface area contributed by atoms with Crippen molar-refractivity contribution in [3.63, 3.8) is 0 Å². The molecular weight excluding hydrogens is 259 g/mol. The van der Waals surface area contributed by atoms with Gasteiger partial charge in [0.1, 0.15) is 0 Å². The maximum absolute atomic E-state index is 12.9. The first-order valence-corrected chi connectivity index (χ1v) is 6.09. The Morgan fingerprint density at radius 2 is 2.11 bits per heavy atom. The summed E-state index contributed by atoms with van der Waals surface area (Å²) in [5.41, 5.74) is -0.940. The summed E-state index contributed by atoms with van der Waals surface area (Å²) >= 11 is 0. The molecule has 0 N–H and O–H groups in total. The Bertz CT molecular complexity index is 432. The molecule has 3 nitrogen and oxygen atoms in total. The van der Waals surface area contributed by atoms with Gasteiger partial charge in [-0.05, 0) is 25.0 Å². The number of rotatable bonds is 5. The van der Waals surface area contributed by atoms with Crippen molar-refractivity contribution in [3.05, 3.63) is 29.6 Å². The minimum absolute atomic E-state index is 0.115. The predicted molar refractivity (Wildman–Crippen MR) is 63.5 cm³/mol. The van der Waals surface area contributed by atoms with Crippen molar-refractivity contribution >= 4 is 5.97 Å². The molecule has 1 heterocycles. The minimum Gasteiger partial charge on any atom is -0.466 e. The lowest BCUT2D eigenvalue weighted by Crippen LogP contribution is -2.20. The van der Waals surface area contributed by atoms with Gasteiger partial charge in [-0.2, -0.15) is 13.2 Å². The summed E-state index contributed by atoms with van der Waals surface area (Å²) in [6.45, 7) is 3.56. The van der Waals surface area contributed by atoms with E-state index in [1.807, 2.05) is 0 Å². The number of halogens is 3. The summed E-state index contributed by atoms with van der Waals surface area (Å²) < 4.78 is 43.6. The minimum atomic E-state index is -4.50. The number of pyridine rings is 1. The van der Waals surface area contributed by atoms with E-state index >= 15 is 0 Å². The van der Waals surface area contributed by atoms with E-state index < -0.39 is 23.6 Å². The molecule has 0 aliphatic heterocycles. The maximum Gasteiger partial charge on any atom is 0.416 e. The summed E-state index contributed by atoms with van der Waals surface area (Å²) in [6, 6.07) is 0.886. The van der Waals surface area contributed by atoms with Crippen molar-refractivity contribution in [2.45, 2.75) is 38.8 Å². The van der Waals surface area contributed by atoms with Crippen LogP contribution in [0.5, 0.6) is 0 Å². The SMILES string of the molecule is CCCC(C(=O)OCC)c1cnccc1C(F)(F)F. The highest BCUT2D eigenvalue weighted by Gasteiger charge is 2.37. The zero-order valence-corrected chi connectivity index (χ0v) is 10.8. The molecule has 1 aromatic rings. The number of esters is 1. The van der Waals surface area contributed by atoms with Crippen molar-refractivity contribution in [2.75, 3.05) is 6.61 Å². The second-order valence-corrected chi connectivity index (χ2v) is 4.05. The van der Waals surface area contributed by atoms with Crippen LogP contribution in [0.3, 0.4) is 0 Å². The molecule has 0 spiro atoms. The number of carbonyl (C=O) groups is 1. The van der Waals surface area contributed by atoms with Crippen molar-refractivity contribution in [1.82, 2.24) is 4.98 Å². The molecule has 19 heavy (non-hydrogen) atoms. The average Bonchev–Trinajstić information content (AvgIpc) is 2.35. The third kappa shape index (κ3) is 3.94. The highest BCUT2D eigenvalue weighted by Crippen LogP contribution is 2.36. The molecule has 6 heteroatoms. The van der Waals surface area contributed by atoms with Crippen molar-refractivity contribution in [1.29, 1.82) is 0 Å². The molecule has 0 aromatic carbocycles. The number of hydrogen-bond acceptors (Lipinski definition) is 3. The van der Waals surface area contributed by atoms with Gasteiger partial charge in [-0.15, -0.1) is 0 Å². The average molecular weight is 275 g/mol. The topological polar surface area (TPSA) is 39.2 Å². The molecule has 0 amide bonds. The van der Waals surface area contributed by atoms with Crippen LogP contribution in [-0.2, 0) is 15.7 Å². The molecule has 1 rings (SSSR count). The van der Waals surface area contributed by atoms with Gasteiger partial charge in [-0.1, -0.05) is 13.3 Å². The van der Waals surface area contributed by atoms with Gasteiger partial charge in [0.05, 0.1) is 18.1 Å². The lowest BCUT2D eigenvalue weighted by atomic mass is 9.92. The normalized spacial score (nSPS) is 13.1. The summed E-state index contributed by atoms with van der Waals surface area (Å²) in [7, 11) is 0. The molecule has 1 unspecified atom stereocenters. The predicted octanol–water partition coefficient (Wildman–Crippen LogP) is 3.55. The van der Waals surface area contributed by atoms with Crippen LogP contribution in [0.4, 0.5) is 13.2 Å². The van der Waals surface area contributed by atoms with Crippen molar-refractivity contribution in [2.24, 2.45) is 0 Å². The Morgan fingerprint density at radius 3 is 2.63 bits per heavy atom. The first kappa shape index (κ1) is 15.5. The Labute approximate surface area is 109 Å². The van der Waals surface area contributed by atoms with Crippen LogP contribution in [-0.4, -0.2) is 17.6 Å². The van der Waals surface area contributed by atoms with Gasteiger partial charge >= 0.3 is 12.1 Å². The number of hydrogen-bond donors (Lipinski definition) is 0. The third-order valence-corrected chi connectivity index (χ3v) is 2.68. The quantitative estimate of drug-likeness (QED) is 0.771. The molecule has 0 saturated carbocycles. The Hall–Kier alpha value is -1.59. The molecule has 0 aliphatic rings. The van der Waals surface area contributed by atoms with Crippen molar-refractivity contribution in [3.8, 4) is 0 Å². The van der Waals surface area contributed by atoms with Crippen LogP contribution in [0, 0.1) is 0 Å². The number of alkyl halides is 3. The molecule has 0 saturated heterocycles. The smallest absolute Gasteiger partial charge is 0.416 e. The summed E-state index contributed by atoms with van der Waals surface area (Å²) in [4.78, 5) is 15.5. The lowest BCUT2D eigenvalue weighted by Gasteiger charge is -2.19. The van der Waals surface area contributed by atoms with Gasteiger partial charge in [0.25, 0.3) is 0 Å². The highest BCUT2D eigenvalue weighted by atomic mass is 19.4. The number of ether oxygens (including phenoxy) is 1. The first-order valence-electron chi connectivity index (χ1n) is 6.09. The van der Waals surface area contributed by atoms with Crippen LogP contribution >= 0.6 is 0 Å².